The Hall–Kier alpha value is -7.67. The molecule has 322 valence electrons. The number of nitrogens with zero attached hydrogens (tertiary/aromatic N) is 3. The number of carbonyl (C=O) groups excluding carboxylic acids is 7. The van der Waals surface area contributed by atoms with Gasteiger partial charge in [0.15, 0.2) is 0 Å². The summed E-state index contributed by atoms with van der Waals surface area (Å²) < 4.78 is 0. The maximum atomic E-state index is 13.9. The molecule has 0 aromatic heterocycles. The number of hydrogen-bond acceptors (Lipinski definition) is 12. The van der Waals surface area contributed by atoms with Gasteiger partial charge < -0.3 is 63.0 Å². The van der Waals surface area contributed by atoms with Gasteiger partial charge in [-0.3, -0.25) is 33.6 Å². The van der Waals surface area contributed by atoms with Gasteiger partial charge >= 0.3 is 0 Å². The smallest absolute Gasteiger partial charge is 0.252 e. The summed E-state index contributed by atoms with van der Waals surface area (Å²) in [4.78, 5) is 96.6. The van der Waals surface area contributed by atoms with Gasteiger partial charge in [0.05, 0.1) is 33.2 Å². The van der Waals surface area contributed by atoms with Gasteiger partial charge in [-0.25, -0.2) is 0 Å². The molecule has 0 radical (unpaired) electrons. The van der Waals surface area contributed by atoms with Crippen molar-refractivity contribution in [1.29, 1.82) is 0 Å². The molecule has 0 aliphatic heterocycles. The number of benzene rings is 4. The van der Waals surface area contributed by atoms with Crippen LogP contribution in [0.5, 0.6) is 0 Å². The van der Waals surface area contributed by atoms with E-state index in [9.17, 15) is 33.6 Å². The summed E-state index contributed by atoms with van der Waals surface area (Å²) in [7, 11) is 6.94. The van der Waals surface area contributed by atoms with Crippen molar-refractivity contribution in [2.75, 3.05) is 95.8 Å². The fourth-order valence-electron chi connectivity index (χ4n) is 5.58. The van der Waals surface area contributed by atoms with Gasteiger partial charge in [-0.2, -0.15) is 0 Å². The third-order valence-electron chi connectivity index (χ3n) is 9.35. The van der Waals surface area contributed by atoms with Crippen molar-refractivity contribution in [3.05, 3.63) is 119 Å². The van der Waals surface area contributed by atoms with Crippen LogP contribution >= 0.6 is 0 Å². The molecule has 0 unspecified atom stereocenters. The molecule has 7 amide bonds. The highest BCUT2D eigenvalue weighted by Crippen LogP contribution is 2.12. The molecule has 0 aliphatic carbocycles. The molecule has 0 fully saturated rings. The lowest BCUT2D eigenvalue weighted by molar-refractivity contribution is -0.144. The number of amides is 7. The van der Waals surface area contributed by atoms with Gasteiger partial charge in [-0.1, -0.05) is 0 Å². The van der Waals surface area contributed by atoms with Crippen molar-refractivity contribution in [1.82, 2.24) is 36.0 Å². The van der Waals surface area contributed by atoms with E-state index in [-0.39, 0.29) is 0 Å². The van der Waals surface area contributed by atoms with Crippen molar-refractivity contribution in [3.8, 4) is 0 Å². The first-order valence-electron chi connectivity index (χ1n) is 19.2. The Balaban J connectivity index is 1.52. The van der Waals surface area contributed by atoms with Crippen LogP contribution in [0.25, 0.3) is 0 Å². The Morgan fingerprint density at radius 3 is 0.803 bits per heavy atom. The Kier molecular flexibility index (Phi) is 17.4. The Bertz CT molecular complexity index is 1860. The van der Waals surface area contributed by atoms with E-state index < -0.39 is 87.7 Å². The van der Waals surface area contributed by atoms with Crippen LogP contribution in [0.15, 0.2) is 97.1 Å². The molecule has 19 nitrogen and oxygen atoms in total. The monoisotopic (exact) mass is 836 g/mol. The van der Waals surface area contributed by atoms with Crippen LogP contribution in [0.2, 0.25) is 0 Å². The first-order valence-corrected chi connectivity index (χ1v) is 19.2. The van der Waals surface area contributed by atoms with E-state index in [1.165, 1.54) is 0 Å². The summed E-state index contributed by atoms with van der Waals surface area (Å²) in [5, 5.41) is 22.5. The summed E-state index contributed by atoms with van der Waals surface area (Å²) >= 11 is 0. The summed E-state index contributed by atoms with van der Waals surface area (Å²) in [6.45, 7) is -3.52. The van der Waals surface area contributed by atoms with Gasteiger partial charge in [0.25, 0.3) is 23.6 Å². The number of rotatable bonds is 21. The van der Waals surface area contributed by atoms with E-state index in [4.69, 9.17) is 5.73 Å². The molecule has 0 saturated carbocycles. The molecular weight excluding hydrogens is 785 g/mol. The van der Waals surface area contributed by atoms with Gasteiger partial charge in [0.1, 0.15) is 13.1 Å². The van der Waals surface area contributed by atoms with Gasteiger partial charge in [0.2, 0.25) is 17.7 Å². The van der Waals surface area contributed by atoms with E-state index in [0.29, 0.717) is 22.3 Å². The summed E-state index contributed by atoms with van der Waals surface area (Å²) in [5.41, 5.74) is 10.0. The SMILES string of the molecule is CNc1ccc(C(=O)NCN(CNC(=O)c2ccc(NC)cc2)C(=O)CN(CC(=O)N(CNC(=O)c2ccc(NC)cc2)CNC(=O)c2ccc(NC)cc2)C(=O)CN)cc1. The number of anilines is 4. The van der Waals surface area contributed by atoms with Crippen molar-refractivity contribution in [2.45, 2.75) is 0 Å². The first kappa shape index (κ1) is 46.0. The molecule has 4 aromatic carbocycles. The molecule has 0 saturated heterocycles. The van der Waals surface area contributed by atoms with E-state index in [0.717, 1.165) is 37.4 Å². The number of nitrogens with one attached hydrogen (secondary N) is 8. The lowest BCUT2D eigenvalue weighted by Crippen LogP contribution is -2.54. The molecule has 4 rings (SSSR count). The summed E-state index contributed by atoms with van der Waals surface area (Å²) in [6.07, 6.45) is 0. The minimum Gasteiger partial charge on any atom is -0.388 e. The standard InChI is InChI=1S/C42H52N12O7/c1-44-32-13-5-28(6-14-32)39(58)48-24-53(25-49-40(59)29-7-15-33(45-2)16-8-29)37(56)22-52(36(55)21-43)23-38(57)54(26-50-41(60)30-9-17-34(46-3)18-10-30)27-51-42(61)31-11-19-35(47-4)20-12-31/h5-20,44-47H,21-27,43H2,1-4H3,(H,48,58)(H,49,59)(H,50,60)(H,51,61). The molecule has 0 atom stereocenters. The van der Waals surface area contributed by atoms with Gasteiger partial charge in [0, 0.05) is 73.2 Å². The van der Waals surface area contributed by atoms with Crippen molar-refractivity contribution in [2.24, 2.45) is 5.73 Å². The second-order valence-electron chi connectivity index (χ2n) is 13.3. The van der Waals surface area contributed by atoms with E-state index in [1.54, 1.807) is 125 Å². The fourth-order valence-corrected chi connectivity index (χ4v) is 5.58. The number of carbonyl (C=O) groups is 7. The van der Waals surface area contributed by atoms with Crippen LogP contribution in [0.1, 0.15) is 41.4 Å². The molecule has 0 heterocycles. The van der Waals surface area contributed by atoms with Crippen LogP contribution in [0, 0.1) is 0 Å². The minimum absolute atomic E-state index is 0.301. The van der Waals surface area contributed by atoms with Crippen LogP contribution in [-0.4, -0.2) is 131 Å². The summed E-state index contributed by atoms with van der Waals surface area (Å²) in [6, 6.07) is 26.3. The predicted octanol–water partition coefficient (Wildman–Crippen LogP) is 1.15. The highest BCUT2D eigenvalue weighted by Gasteiger charge is 2.26. The van der Waals surface area contributed by atoms with Crippen LogP contribution in [0.4, 0.5) is 22.7 Å². The zero-order valence-corrected chi connectivity index (χ0v) is 34.5. The lowest BCUT2D eigenvalue weighted by atomic mass is 10.2. The average Bonchev–Trinajstić information content (AvgIpc) is 3.30. The largest absolute Gasteiger partial charge is 0.388 e. The quantitative estimate of drug-likeness (QED) is 0.0537. The second kappa shape index (κ2) is 23.1. The molecule has 4 aromatic rings. The highest BCUT2D eigenvalue weighted by molar-refractivity contribution is 5.97. The predicted molar refractivity (Wildman–Crippen MR) is 233 cm³/mol. The molecule has 0 aliphatic rings. The highest BCUT2D eigenvalue weighted by atomic mass is 16.2. The molecule has 10 N–H and O–H groups in total. The normalized spacial score (nSPS) is 10.3. The third kappa shape index (κ3) is 13.7. The van der Waals surface area contributed by atoms with E-state index in [2.05, 4.69) is 42.5 Å². The fraction of sp³-hybridized carbons (Fsp3) is 0.262. The molecule has 61 heavy (non-hydrogen) atoms. The molecule has 0 bridgehead atoms. The molecular formula is C42H52N12O7. The summed E-state index contributed by atoms with van der Waals surface area (Å²) in [5.74, 6) is -4.36. The van der Waals surface area contributed by atoms with Crippen LogP contribution in [-0.2, 0) is 14.4 Å². The third-order valence-corrected chi connectivity index (χ3v) is 9.35. The van der Waals surface area contributed by atoms with Crippen molar-refractivity contribution < 1.29 is 33.6 Å². The molecule has 0 spiro atoms. The zero-order valence-electron chi connectivity index (χ0n) is 34.5. The maximum Gasteiger partial charge on any atom is 0.252 e. The first-order chi connectivity index (χ1) is 29.4. The minimum atomic E-state index is -0.772. The Morgan fingerprint density at radius 2 is 0.607 bits per heavy atom. The average molecular weight is 837 g/mol. The lowest BCUT2D eigenvalue weighted by Gasteiger charge is -2.30. The topological polar surface area (TPSA) is 251 Å². The number of nitrogens with two attached hydrogens (primary N) is 1. The Labute approximate surface area is 353 Å². The number of hydrogen-bond donors (Lipinski definition) is 9. The van der Waals surface area contributed by atoms with E-state index in [1.807, 2.05) is 0 Å². The van der Waals surface area contributed by atoms with Crippen LogP contribution < -0.4 is 48.3 Å². The van der Waals surface area contributed by atoms with Crippen molar-refractivity contribution in [3.63, 3.8) is 0 Å². The van der Waals surface area contributed by atoms with Crippen molar-refractivity contribution >= 4 is 64.1 Å². The van der Waals surface area contributed by atoms with Gasteiger partial charge in [-0.15, -0.1) is 0 Å². The zero-order chi connectivity index (χ0) is 44.3. The van der Waals surface area contributed by atoms with E-state index >= 15 is 0 Å². The Morgan fingerprint density at radius 1 is 0.377 bits per heavy atom. The van der Waals surface area contributed by atoms with Crippen LogP contribution in [0.3, 0.4) is 0 Å². The maximum absolute atomic E-state index is 13.9. The van der Waals surface area contributed by atoms with Gasteiger partial charge in [-0.05, 0) is 97.1 Å². The molecule has 19 heteroatoms. The second-order valence-corrected chi connectivity index (χ2v) is 13.3.